The van der Waals surface area contributed by atoms with Gasteiger partial charge in [-0.3, -0.25) is 9.80 Å². The number of rotatable bonds is 20. The first kappa shape index (κ1) is 51.0. The molecule has 0 bridgehead atoms. The molecule has 2 aromatic heterocycles. The highest BCUT2D eigenvalue weighted by Gasteiger charge is 2.14. The number of aromatic nitrogens is 4. The van der Waals surface area contributed by atoms with Gasteiger partial charge in [-0.2, -0.15) is 0 Å². The zero-order valence-electron chi connectivity index (χ0n) is 38.3. The van der Waals surface area contributed by atoms with Crippen molar-refractivity contribution in [2.24, 2.45) is 10.3 Å². The lowest BCUT2D eigenvalue weighted by Gasteiger charge is -2.25. The van der Waals surface area contributed by atoms with Crippen LogP contribution in [0, 0.1) is 11.6 Å². The summed E-state index contributed by atoms with van der Waals surface area (Å²) in [5.41, 5.74) is 15.8. The second kappa shape index (κ2) is 26.7. The predicted molar refractivity (Wildman–Crippen MR) is 268 cm³/mol. The van der Waals surface area contributed by atoms with E-state index < -0.39 is 0 Å². The lowest BCUT2D eigenvalue weighted by molar-refractivity contribution is 0.0214. The number of hydrogen-bond donors (Lipinski definition) is 4. The maximum atomic E-state index is 13.4. The molecule has 0 aliphatic carbocycles. The molecule has 21 heteroatoms. The fraction of sp³-hybridized carbons (Fsp3) is 0.306. The summed E-state index contributed by atoms with van der Waals surface area (Å²) in [6.07, 6.45) is 9.48. The van der Waals surface area contributed by atoms with Crippen molar-refractivity contribution in [2.45, 2.75) is 32.5 Å². The first-order valence-electron chi connectivity index (χ1n) is 22.6. The number of nitrogens with one attached hydrogen (secondary N) is 2. The van der Waals surface area contributed by atoms with Crippen LogP contribution in [0.25, 0.3) is 0 Å². The average Bonchev–Trinajstić information content (AvgIpc) is 3.36. The van der Waals surface area contributed by atoms with Crippen molar-refractivity contribution in [1.82, 2.24) is 29.7 Å². The molecule has 2 aliphatic rings. The van der Waals surface area contributed by atoms with Gasteiger partial charge in [-0.05, 0) is 97.7 Å². The summed E-state index contributed by atoms with van der Waals surface area (Å²) in [5.74, 6) is 1.76. The van der Waals surface area contributed by atoms with Crippen LogP contribution in [0.5, 0.6) is 11.5 Å². The molecular weight excluding hydrogens is 946 g/mol. The van der Waals surface area contributed by atoms with E-state index in [9.17, 15) is 8.78 Å². The molecule has 0 atom stereocenters. The van der Waals surface area contributed by atoms with Crippen LogP contribution in [0.15, 0.2) is 108 Å². The van der Waals surface area contributed by atoms with Crippen molar-refractivity contribution < 1.29 is 32.7 Å². The number of oxime groups is 2. The Morgan fingerprint density at radius 3 is 1.54 bits per heavy atom. The van der Waals surface area contributed by atoms with Crippen LogP contribution < -0.4 is 31.6 Å². The number of piperidine rings is 1. The third kappa shape index (κ3) is 16.1. The van der Waals surface area contributed by atoms with Crippen LogP contribution in [0.2, 0.25) is 10.0 Å². The Morgan fingerprint density at radius 2 is 1.09 bits per heavy atom. The highest BCUT2D eigenvalue weighted by molar-refractivity contribution is 6.32. The Hall–Kier alpha value is -6.90. The fourth-order valence-electron chi connectivity index (χ4n) is 7.15. The van der Waals surface area contributed by atoms with Gasteiger partial charge in [-0.15, -0.1) is 0 Å². The van der Waals surface area contributed by atoms with Crippen molar-refractivity contribution in [2.75, 3.05) is 87.8 Å². The summed E-state index contributed by atoms with van der Waals surface area (Å²) >= 11 is 12.8. The van der Waals surface area contributed by atoms with Gasteiger partial charge in [0.2, 0.25) is 0 Å². The van der Waals surface area contributed by atoms with E-state index in [0.29, 0.717) is 80.0 Å². The fourth-order valence-corrected chi connectivity index (χ4v) is 7.62. The quantitative estimate of drug-likeness (QED) is 0.0320. The number of ether oxygens (including phenoxy) is 3. The highest BCUT2D eigenvalue weighted by Crippen LogP contribution is 2.32. The SMILES string of the molecule is Nc1ncnc(Nc2ccc(OCc3cccc(F)c3)c(Cl)c2)c1/C=N/OCCN1CCCCC1.Nc1ncnc(Nc2ccc(OCc3cccc(F)c3)c(Cl)c2)c1/C=N/OCCN1CCOCC1. The Bertz CT molecular complexity index is 2500. The third-order valence-corrected chi connectivity index (χ3v) is 11.4. The number of nitrogen functional groups attached to an aromatic ring is 2. The number of nitrogens with zero attached hydrogens (tertiary/aromatic N) is 8. The van der Waals surface area contributed by atoms with E-state index in [-0.39, 0.29) is 36.5 Å². The average molecular weight is 1000 g/mol. The summed E-state index contributed by atoms with van der Waals surface area (Å²) in [5, 5.41) is 15.2. The Labute approximate surface area is 414 Å². The van der Waals surface area contributed by atoms with Crippen LogP contribution in [0.1, 0.15) is 41.5 Å². The third-order valence-electron chi connectivity index (χ3n) is 10.8. The smallest absolute Gasteiger partial charge is 0.144 e. The summed E-state index contributed by atoms with van der Waals surface area (Å²) in [6, 6.07) is 22.9. The number of likely N-dealkylation sites (tertiary alicyclic amines) is 1. The van der Waals surface area contributed by atoms with Crippen LogP contribution in [-0.4, -0.2) is 108 Å². The molecule has 4 heterocycles. The monoisotopic (exact) mass is 998 g/mol. The summed E-state index contributed by atoms with van der Waals surface area (Å²) in [6.45, 7) is 8.41. The van der Waals surface area contributed by atoms with Gasteiger partial charge in [0.25, 0.3) is 0 Å². The summed E-state index contributed by atoms with van der Waals surface area (Å²) in [7, 11) is 0. The molecule has 8 rings (SSSR count). The van der Waals surface area contributed by atoms with Gasteiger partial charge in [0.1, 0.15) is 85.5 Å². The van der Waals surface area contributed by atoms with E-state index in [1.807, 2.05) is 0 Å². The van der Waals surface area contributed by atoms with Crippen LogP contribution >= 0.6 is 23.2 Å². The molecule has 368 valence electrons. The van der Waals surface area contributed by atoms with Crippen molar-refractivity contribution >= 4 is 70.3 Å². The molecule has 0 amide bonds. The zero-order valence-corrected chi connectivity index (χ0v) is 39.8. The second-order valence-corrected chi connectivity index (χ2v) is 16.7. The van der Waals surface area contributed by atoms with E-state index in [1.54, 1.807) is 60.7 Å². The van der Waals surface area contributed by atoms with Gasteiger partial charge in [0, 0.05) is 37.6 Å². The van der Waals surface area contributed by atoms with Gasteiger partial charge in [-0.25, -0.2) is 28.7 Å². The van der Waals surface area contributed by atoms with Crippen LogP contribution in [-0.2, 0) is 27.6 Å². The summed E-state index contributed by atoms with van der Waals surface area (Å²) in [4.78, 5) is 32.1. The molecule has 0 saturated carbocycles. The molecule has 2 aliphatic heterocycles. The maximum absolute atomic E-state index is 13.4. The number of anilines is 6. The maximum Gasteiger partial charge on any atom is 0.144 e. The number of benzene rings is 4. The highest BCUT2D eigenvalue weighted by atomic mass is 35.5. The minimum Gasteiger partial charge on any atom is -0.487 e. The predicted octanol–water partition coefficient (Wildman–Crippen LogP) is 8.87. The number of morpholine rings is 1. The van der Waals surface area contributed by atoms with Gasteiger partial charge >= 0.3 is 0 Å². The van der Waals surface area contributed by atoms with Crippen molar-refractivity contribution in [3.05, 3.63) is 142 Å². The van der Waals surface area contributed by atoms with Crippen LogP contribution in [0.4, 0.5) is 43.4 Å². The molecule has 70 heavy (non-hydrogen) atoms. The number of nitrogens with two attached hydrogens (primary N) is 2. The lowest BCUT2D eigenvalue weighted by Crippen LogP contribution is -2.38. The Morgan fingerprint density at radius 1 is 0.614 bits per heavy atom. The largest absolute Gasteiger partial charge is 0.487 e. The molecular formula is C49H54Cl2F2N12O5. The topological polar surface area (TPSA) is 205 Å². The van der Waals surface area contributed by atoms with Gasteiger partial charge in [0.05, 0.1) is 46.8 Å². The van der Waals surface area contributed by atoms with E-state index in [1.165, 1.54) is 68.6 Å². The first-order valence-corrected chi connectivity index (χ1v) is 23.3. The van der Waals surface area contributed by atoms with Gasteiger partial charge in [-0.1, -0.05) is 64.2 Å². The molecule has 0 spiro atoms. The molecule has 6 aromatic rings. The number of hydrogen-bond acceptors (Lipinski definition) is 17. The van der Waals surface area contributed by atoms with E-state index in [2.05, 4.69) is 50.7 Å². The van der Waals surface area contributed by atoms with Gasteiger partial charge in [0.15, 0.2) is 0 Å². The molecule has 4 aromatic carbocycles. The van der Waals surface area contributed by atoms with Gasteiger partial charge < -0.3 is 46.0 Å². The molecule has 0 unspecified atom stereocenters. The second-order valence-electron chi connectivity index (χ2n) is 15.9. The molecule has 6 N–H and O–H groups in total. The molecule has 2 fully saturated rings. The van der Waals surface area contributed by atoms with E-state index in [0.717, 1.165) is 52.5 Å². The lowest BCUT2D eigenvalue weighted by atomic mass is 10.1. The minimum atomic E-state index is -0.317. The van der Waals surface area contributed by atoms with Crippen molar-refractivity contribution in [3.8, 4) is 11.5 Å². The van der Waals surface area contributed by atoms with Crippen LogP contribution in [0.3, 0.4) is 0 Å². The Balaban J connectivity index is 0.000000206. The molecule has 17 nitrogen and oxygen atoms in total. The van der Waals surface area contributed by atoms with Crippen molar-refractivity contribution in [1.29, 1.82) is 0 Å². The first-order chi connectivity index (χ1) is 34.2. The summed E-state index contributed by atoms with van der Waals surface area (Å²) < 4.78 is 43.5. The van der Waals surface area contributed by atoms with Crippen molar-refractivity contribution in [3.63, 3.8) is 0 Å². The number of halogens is 4. The minimum absolute atomic E-state index is 0.193. The van der Waals surface area contributed by atoms with E-state index >= 15 is 0 Å². The zero-order chi connectivity index (χ0) is 48.9. The Kier molecular flexibility index (Phi) is 19.5. The normalized spacial score (nSPS) is 14.2. The molecule has 0 radical (unpaired) electrons. The standard InChI is InChI=1S/C25H28ClFN6O2.C24H26ClFN6O3/c26-22-14-20(7-8-23(22)34-16-18-5-4-6-19(27)13-18)32-25-21(24(28)29-17-30-25)15-31-35-12-11-33-9-2-1-3-10-33;25-21-13-19(4-5-22(21)34-15-17-2-1-3-18(26)12-17)31-24-20(23(27)28-16-29-24)14-30-35-11-8-32-6-9-33-10-7-32/h4-8,13-15,17H,1-3,9-12,16H2,(H3,28,29,30,32);1-5,12-14,16H,6-11,15H2,(H3,27,28,29,31)/b31-15+;30-14+. The van der Waals surface area contributed by atoms with E-state index in [4.69, 9.17) is 58.6 Å². The molecule has 2 saturated heterocycles.